The molecule has 0 radical (unpaired) electrons. The largest absolute Gasteiger partial charge is 0.494 e. The molecule has 0 atom stereocenters. The Morgan fingerprint density at radius 1 is 1.48 bits per heavy atom. The van der Waals surface area contributed by atoms with Gasteiger partial charge in [-0.25, -0.2) is 9.18 Å². The van der Waals surface area contributed by atoms with Crippen LogP contribution in [-0.4, -0.2) is 29.6 Å². The molecule has 9 heteroatoms. The molecule has 2 heterocycles. The summed E-state index contributed by atoms with van der Waals surface area (Å²) in [7, 11) is 1.42. The number of hydrogen-bond acceptors (Lipinski definition) is 6. The van der Waals surface area contributed by atoms with Gasteiger partial charge in [0.2, 0.25) is 0 Å². The second kappa shape index (κ2) is 7.40. The van der Waals surface area contributed by atoms with E-state index in [1.165, 1.54) is 11.8 Å². The second-order valence-corrected chi connectivity index (χ2v) is 6.24. The highest BCUT2D eigenvalue weighted by Crippen LogP contribution is 2.29. The highest BCUT2D eigenvalue weighted by molar-refractivity contribution is 9.10. The summed E-state index contributed by atoms with van der Waals surface area (Å²) < 4.78 is 26.3. The third-order valence-corrected chi connectivity index (χ3v) is 4.67. The van der Waals surface area contributed by atoms with Gasteiger partial charge in [0.25, 0.3) is 0 Å². The zero-order chi connectivity index (χ0) is 18.0. The zero-order valence-corrected chi connectivity index (χ0v) is 15.4. The summed E-state index contributed by atoms with van der Waals surface area (Å²) >= 11 is 3.35. The van der Waals surface area contributed by atoms with Crippen molar-refractivity contribution in [1.29, 1.82) is 0 Å². The summed E-state index contributed by atoms with van der Waals surface area (Å²) in [5, 5.41) is 10.6. The topological polar surface area (TPSA) is 77.4 Å². The molecule has 0 fully saturated rings. The van der Waals surface area contributed by atoms with Crippen molar-refractivity contribution in [3.63, 3.8) is 0 Å². The van der Waals surface area contributed by atoms with Crippen LogP contribution in [0, 0.1) is 5.82 Å². The first-order valence-electron chi connectivity index (χ1n) is 7.80. The van der Waals surface area contributed by atoms with Gasteiger partial charge in [0, 0.05) is 35.2 Å². The number of ether oxygens (including phenoxy) is 2. The number of carbonyl (C=O) groups is 1. The first-order chi connectivity index (χ1) is 12.1. The molecule has 2 N–H and O–H groups in total. The molecule has 7 nitrogen and oxygen atoms in total. The highest BCUT2D eigenvalue weighted by Gasteiger charge is 2.26. The van der Waals surface area contributed by atoms with Crippen molar-refractivity contribution >= 4 is 27.8 Å². The minimum Gasteiger partial charge on any atom is -0.494 e. The average molecular weight is 413 g/mol. The number of anilines is 1. The van der Waals surface area contributed by atoms with Crippen LogP contribution in [0.15, 0.2) is 16.6 Å². The van der Waals surface area contributed by atoms with Gasteiger partial charge in [-0.2, -0.15) is 4.68 Å². The lowest BCUT2D eigenvalue weighted by Gasteiger charge is -2.11. The number of hydrogen-bond donors (Lipinski definition) is 2. The highest BCUT2D eigenvalue weighted by atomic mass is 79.9. The van der Waals surface area contributed by atoms with E-state index in [0.29, 0.717) is 28.9 Å². The maximum Gasteiger partial charge on any atom is 0.435 e. The maximum atomic E-state index is 14.4. The summed E-state index contributed by atoms with van der Waals surface area (Å²) in [5.41, 5.74) is 2.06. The molecule has 1 aliphatic heterocycles. The minimum atomic E-state index is -0.524. The molecule has 0 bridgehead atoms. The fraction of sp³-hybridized carbons (Fsp3) is 0.375. The van der Waals surface area contributed by atoms with Crippen molar-refractivity contribution in [2.24, 2.45) is 0 Å². The Bertz CT molecular complexity index is 809. The van der Waals surface area contributed by atoms with Crippen LogP contribution in [-0.2, 0) is 24.4 Å². The molecule has 1 aromatic carbocycles. The fourth-order valence-electron chi connectivity index (χ4n) is 2.70. The second-order valence-electron chi connectivity index (χ2n) is 5.38. The van der Waals surface area contributed by atoms with Crippen LogP contribution in [0.1, 0.15) is 23.7 Å². The van der Waals surface area contributed by atoms with Crippen LogP contribution < -0.4 is 15.4 Å². The average Bonchev–Trinajstić information content (AvgIpc) is 3.18. The molecular weight excluding hydrogens is 395 g/mol. The van der Waals surface area contributed by atoms with Crippen LogP contribution in [0.25, 0.3) is 0 Å². The molecule has 1 aromatic heterocycles. The third-order valence-electron chi connectivity index (χ3n) is 3.93. The van der Waals surface area contributed by atoms with E-state index in [-0.39, 0.29) is 18.9 Å². The van der Waals surface area contributed by atoms with Gasteiger partial charge in [0.05, 0.1) is 19.4 Å². The van der Waals surface area contributed by atoms with E-state index >= 15 is 0 Å². The number of methoxy groups -OCH3 is 1. The van der Waals surface area contributed by atoms with Crippen molar-refractivity contribution in [2.75, 3.05) is 19.0 Å². The lowest BCUT2D eigenvalue weighted by molar-refractivity contribution is 0.149. The molecule has 0 amide bonds. The Morgan fingerprint density at radius 2 is 2.28 bits per heavy atom. The van der Waals surface area contributed by atoms with Gasteiger partial charge in [-0.05, 0) is 19.1 Å². The molecule has 25 heavy (non-hydrogen) atoms. The van der Waals surface area contributed by atoms with Gasteiger partial charge in [-0.1, -0.05) is 15.9 Å². The van der Waals surface area contributed by atoms with E-state index in [1.807, 2.05) is 0 Å². The maximum absolute atomic E-state index is 14.4. The van der Waals surface area contributed by atoms with Gasteiger partial charge in [0.15, 0.2) is 17.4 Å². The van der Waals surface area contributed by atoms with Crippen molar-refractivity contribution in [3.05, 3.63) is 39.2 Å². The number of nitrogens with zero attached hydrogens (tertiary/aromatic N) is 2. The van der Waals surface area contributed by atoms with E-state index in [0.717, 1.165) is 11.3 Å². The summed E-state index contributed by atoms with van der Waals surface area (Å²) in [5.74, 6) is 0.259. The van der Waals surface area contributed by atoms with E-state index in [1.54, 1.807) is 19.1 Å². The minimum absolute atomic E-state index is 0.170. The molecule has 134 valence electrons. The lowest BCUT2D eigenvalue weighted by Crippen LogP contribution is -2.19. The van der Waals surface area contributed by atoms with Crippen molar-refractivity contribution in [2.45, 2.75) is 26.6 Å². The Morgan fingerprint density at radius 3 is 3.00 bits per heavy atom. The molecule has 3 rings (SSSR count). The molecule has 0 aliphatic carbocycles. The van der Waals surface area contributed by atoms with Gasteiger partial charge >= 0.3 is 6.09 Å². The molecule has 0 saturated heterocycles. The Kier molecular flexibility index (Phi) is 5.24. The van der Waals surface area contributed by atoms with Crippen LogP contribution in [0.2, 0.25) is 0 Å². The van der Waals surface area contributed by atoms with Gasteiger partial charge in [0.1, 0.15) is 0 Å². The standard InChI is InChI=1S/C16H18BrFN4O3/c1-3-25-16(23)22-12-8-19-6-10(12)15(21-22)20-7-9-11(17)4-5-13(24-2)14(9)18/h4-5,19H,3,6-8H2,1-2H3,(H,20,21). The van der Waals surface area contributed by atoms with E-state index in [9.17, 15) is 9.18 Å². The van der Waals surface area contributed by atoms with E-state index < -0.39 is 11.9 Å². The van der Waals surface area contributed by atoms with Gasteiger partial charge in [-0.15, -0.1) is 5.10 Å². The molecule has 1 aliphatic rings. The lowest BCUT2D eigenvalue weighted by atomic mass is 10.2. The normalized spacial score (nSPS) is 12.8. The quantitative estimate of drug-likeness (QED) is 0.785. The molecule has 0 unspecified atom stereocenters. The first-order valence-corrected chi connectivity index (χ1v) is 8.59. The Hall–Kier alpha value is -2.13. The number of aromatic nitrogens is 2. The van der Waals surface area contributed by atoms with Crippen LogP contribution in [0.5, 0.6) is 5.75 Å². The van der Waals surface area contributed by atoms with Crippen LogP contribution >= 0.6 is 15.9 Å². The Balaban J connectivity index is 1.86. The van der Waals surface area contributed by atoms with E-state index in [4.69, 9.17) is 9.47 Å². The zero-order valence-electron chi connectivity index (χ0n) is 13.9. The molecule has 2 aromatic rings. The summed E-state index contributed by atoms with van der Waals surface area (Å²) in [6.45, 7) is 3.31. The van der Waals surface area contributed by atoms with E-state index in [2.05, 4.69) is 31.7 Å². The van der Waals surface area contributed by atoms with Crippen molar-refractivity contribution in [3.8, 4) is 5.75 Å². The SMILES string of the molecule is CCOC(=O)n1nc(NCc2c(Br)ccc(OC)c2F)c2c1CNC2. The summed E-state index contributed by atoms with van der Waals surface area (Å²) in [4.78, 5) is 12.0. The Labute approximate surface area is 152 Å². The fourth-order valence-corrected chi connectivity index (χ4v) is 3.15. The first kappa shape index (κ1) is 17.7. The summed E-state index contributed by atoms with van der Waals surface area (Å²) in [6, 6.07) is 3.28. The van der Waals surface area contributed by atoms with Gasteiger partial charge < -0.3 is 20.1 Å². The van der Waals surface area contributed by atoms with Crippen molar-refractivity contribution in [1.82, 2.24) is 15.1 Å². The predicted molar refractivity (Wildman–Crippen MR) is 93.2 cm³/mol. The number of benzene rings is 1. The molecule has 0 saturated carbocycles. The number of carbonyl (C=O) groups excluding carboxylic acids is 1. The van der Waals surface area contributed by atoms with Crippen LogP contribution in [0.4, 0.5) is 15.0 Å². The van der Waals surface area contributed by atoms with Crippen LogP contribution in [0.3, 0.4) is 0 Å². The number of fused-ring (bicyclic) bond motifs is 1. The van der Waals surface area contributed by atoms with Crippen molar-refractivity contribution < 1.29 is 18.7 Å². The monoisotopic (exact) mass is 412 g/mol. The predicted octanol–water partition coefficient (Wildman–Crippen LogP) is 3.01. The summed E-state index contributed by atoms with van der Waals surface area (Å²) in [6.07, 6.45) is -0.524. The number of halogens is 2. The molecule has 0 spiro atoms. The third kappa shape index (κ3) is 3.34. The number of rotatable bonds is 5. The van der Waals surface area contributed by atoms with Gasteiger partial charge in [-0.3, -0.25) is 0 Å². The molecular formula is C16H18BrFN4O3. The number of nitrogens with one attached hydrogen (secondary N) is 2. The smallest absolute Gasteiger partial charge is 0.435 e.